The molecule has 11 rings (SSSR count). The van der Waals surface area contributed by atoms with Gasteiger partial charge in [-0.05, 0) is 226 Å². The molecule has 0 spiro atoms. The Balaban J connectivity index is 0.000000329. The van der Waals surface area contributed by atoms with Gasteiger partial charge >= 0.3 is 55.4 Å². The maximum absolute atomic E-state index is 13.0. The number of ether oxygens (including phenoxy) is 4. The number of aliphatic hydroxyl groups is 1. The van der Waals surface area contributed by atoms with Crippen molar-refractivity contribution in [3.05, 3.63) is 187 Å². The summed E-state index contributed by atoms with van der Waals surface area (Å²) in [5.41, 5.74) is 15.9. The first-order valence-corrected chi connectivity index (χ1v) is 44.6. The standard InChI is InChI=1S/C24H29N3O2.C14H20N2O3.C14H22N2O.C9H10BrNO3.C8H9NO2.C5H11N.CH4O.ClH.2HI.V/c1-17-5-10-23-22(15-17)24(28)27(19(3)25-23)20-6-8-21(9-7-20)29-14-4-12-26-13-11-18(2)16-26;1-12-7-9-15(11-12)8-2-10-19-14-5-3-13(4-6-14)16(17)18;1-12-7-9-16(11-12)8-2-10-17-14-5-3-13(15)4-6-14;10-6-1-7-14-9-4-2-8(3-5-9)11(12)13;1-5-2-3-7(9)6(4-5)8(10)11;1-5-2-3-6-4-5;1-2;;;;/h5-10,15,18H,4,11-14,16H2,1-3H3;3-6,12H,2,7-11H2,1H3;3-6,12H,2,7-11,15H2,1H3;2-5H,1,6-7H2;2-4H,9H2,1H3,(H,10,11);5-6H,2-4H2,1H3;2H,1H3;3*1H;/q;;;;;;;;;;+2/p-2. The van der Waals surface area contributed by atoms with Crippen LogP contribution in [0.3, 0.4) is 0 Å². The van der Waals surface area contributed by atoms with E-state index in [1.807, 2.05) is 87.5 Å². The number of hydrogen-bond acceptors (Lipinski definition) is 18. The number of fused-ring (bicyclic) bond motifs is 1. The fourth-order valence-corrected chi connectivity index (χ4v) is 11.5. The molecule has 4 aliphatic heterocycles. The van der Waals surface area contributed by atoms with Crippen LogP contribution in [0, 0.1) is 64.7 Å². The number of nitrogen functional groups attached to an aromatic ring is 2. The maximum atomic E-state index is 13.0. The van der Waals surface area contributed by atoms with Crippen molar-refractivity contribution in [3.8, 4) is 28.7 Å². The van der Waals surface area contributed by atoms with Gasteiger partial charge in [0.25, 0.3) is 16.9 Å². The molecule has 5 heterocycles. The molecule has 0 bridgehead atoms. The number of nitrogens with zero attached hydrogens (tertiary/aromatic N) is 7. The van der Waals surface area contributed by atoms with E-state index >= 15 is 0 Å². The first-order chi connectivity index (χ1) is 48.5. The van der Waals surface area contributed by atoms with Crippen molar-refractivity contribution in [1.29, 1.82) is 0 Å². The van der Waals surface area contributed by atoms with E-state index in [0.717, 1.165) is 128 Å². The molecule has 22 nitrogen and oxygen atoms in total. The number of carbonyl (C=O) groups is 1. The van der Waals surface area contributed by atoms with E-state index in [0.29, 0.717) is 57.7 Å². The number of aromatic carboxylic acids is 1. The summed E-state index contributed by atoms with van der Waals surface area (Å²) in [6, 6.07) is 38.3. The molecule has 27 heteroatoms. The molecule has 4 unspecified atom stereocenters. The Kier molecular flexibility index (Phi) is 45.5. The predicted octanol–water partition coefficient (Wildman–Crippen LogP) is 15.6. The van der Waals surface area contributed by atoms with Crippen LogP contribution in [0.2, 0.25) is 0 Å². The molecule has 0 radical (unpaired) electrons. The Hall–Kier alpha value is -5.86. The first kappa shape index (κ1) is 90.4. The molecule has 7 N–H and O–H groups in total. The molecule has 6 aromatic carbocycles. The van der Waals surface area contributed by atoms with Gasteiger partial charge in [0.2, 0.25) is 0 Å². The van der Waals surface area contributed by atoms with Crippen molar-refractivity contribution >= 4 is 108 Å². The van der Waals surface area contributed by atoms with Crippen LogP contribution in [-0.2, 0) is 9.47 Å². The van der Waals surface area contributed by atoms with Crippen LogP contribution < -0.4 is 41.3 Å². The Labute approximate surface area is 646 Å². The van der Waals surface area contributed by atoms with Crippen LogP contribution >= 0.6 is 68.3 Å². The van der Waals surface area contributed by atoms with E-state index in [9.17, 15) is 29.8 Å². The van der Waals surface area contributed by atoms with E-state index in [2.05, 4.69) is 109 Å². The number of likely N-dealkylation sites (tertiary alicyclic amines) is 3. The third-order valence-corrected chi connectivity index (χ3v) is 17.3. The Bertz CT molecular complexity index is 3570. The number of nitrogens with two attached hydrogens (primary N) is 2. The van der Waals surface area contributed by atoms with E-state index in [1.54, 1.807) is 47.0 Å². The van der Waals surface area contributed by atoms with Crippen molar-refractivity contribution < 1.29 is 53.3 Å². The summed E-state index contributed by atoms with van der Waals surface area (Å²) in [4.78, 5) is 55.6. The van der Waals surface area contributed by atoms with Gasteiger partial charge in [-0.2, -0.15) is 0 Å². The second kappa shape index (κ2) is 51.4. The normalized spacial score (nSPS) is 16.5. The van der Waals surface area contributed by atoms with Crippen LogP contribution in [0.4, 0.5) is 22.7 Å². The number of nitro benzene ring substituents is 2. The molecule has 561 valence electrons. The monoisotopic (exact) mass is 1760 g/mol. The molecule has 4 aliphatic rings. The topological polar surface area (TPSA) is 289 Å². The second-order valence-corrected chi connectivity index (χ2v) is 38.1. The van der Waals surface area contributed by atoms with Crippen LogP contribution in [0.25, 0.3) is 16.6 Å². The Morgan fingerprint density at radius 1 is 0.608 bits per heavy atom. The van der Waals surface area contributed by atoms with Gasteiger partial charge in [0, 0.05) is 87.3 Å². The number of hydrogen-bond donors (Lipinski definition) is 5. The van der Waals surface area contributed by atoms with Crippen molar-refractivity contribution in [2.45, 2.75) is 99.8 Å². The molecule has 0 aliphatic carbocycles. The van der Waals surface area contributed by atoms with Gasteiger partial charge in [0.05, 0.1) is 58.4 Å². The number of carboxylic acids is 1. The van der Waals surface area contributed by atoms with E-state index < -0.39 is 15.8 Å². The number of rotatable bonds is 23. The van der Waals surface area contributed by atoms with Crippen LogP contribution in [0.15, 0.2) is 138 Å². The average Bonchev–Trinajstić information content (AvgIpc) is 1.02. The zero-order valence-electron chi connectivity index (χ0n) is 60.2. The SMILES string of the molecule is CC1CCN(CCCOc2ccc(N)cc2)C1.CC1CCN(CCCOc2ccc([N+](=O)[O-])cc2)C1.CC1CCNC1.CO.Cc1ccc(N)c(C(=O)O)c1.Cc1ccc2nc(C)n(-c3ccc(OCCCN4CCC(C)C4)cc3)c(=O)c2c1.Cl.O=[N+]([O-])c1ccc(OCCCBr)cc1.[I][V][I]. The Morgan fingerprint density at radius 2 is 1.00 bits per heavy atom. The molecule has 102 heavy (non-hydrogen) atoms. The zero-order valence-corrected chi connectivity index (χ0v) is 68.3. The molecule has 1 aromatic heterocycles. The van der Waals surface area contributed by atoms with E-state index in [1.165, 1.54) is 102 Å². The van der Waals surface area contributed by atoms with Gasteiger partial charge in [0.1, 0.15) is 28.8 Å². The molecule has 0 amide bonds. The predicted molar refractivity (Wildman–Crippen MR) is 431 cm³/mol. The number of nitrogens with one attached hydrogen (secondary N) is 1. The zero-order chi connectivity index (χ0) is 74.1. The van der Waals surface area contributed by atoms with Crippen molar-refractivity contribution in [1.82, 2.24) is 29.6 Å². The van der Waals surface area contributed by atoms with Gasteiger partial charge < -0.3 is 60.6 Å². The fourth-order valence-electron chi connectivity index (χ4n) is 11.3. The summed E-state index contributed by atoms with van der Waals surface area (Å²) in [7, 11) is 1.63. The molecule has 4 atom stereocenters. The average molecular weight is 1760 g/mol. The van der Waals surface area contributed by atoms with Gasteiger partial charge in [-0.25, -0.2) is 9.78 Å². The van der Waals surface area contributed by atoms with Crippen molar-refractivity contribution in [2.75, 3.05) is 122 Å². The van der Waals surface area contributed by atoms with E-state index in [4.69, 9.17) is 40.6 Å². The van der Waals surface area contributed by atoms with Gasteiger partial charge in [-0.1, -0.05) is 66.9 Å². The number of aryl methyl sites for hydroxylation is 3. The number of alkyl halides is 1. The quantitative estimate of drug-likeness (QED) is 0.00993. The van der Waals surface area contributed by atoms with Crippen LogP contribution in [0.5, 0.6) is 23.0 Å². The van der Waals surface area contributed by atoms with Crippen LogP contribution in [-0.4, -0.2) is 161 Å². The number of nitro groups is 2. The number of aromatic nitrogens is 2. The van der Waals surface area contributed by atoms with Crippen LogP contribution in [0.1, 0.15) is 106 Å². The number of anilines is 2. The summed E-state index contributed by atoms with van der Waals surface area (Å²) in [5, 5.41) is 41.3. The number of carboxylic acid groups (broad SMARTS) is 1. The molecular formula is C75H106BrClI2N10O12V. The third kappa shape index (κ3) is 35.3. The van der Waals surface area contributed by atoms with Crippen molar-refractivity contribution in [2.24, 2.45) is 23.7 Å². The number of non-ortho nitro benzene ring substituents is 2. The van der Waals surface area contributed by atoms with Crippen molar-refractivity contribution in [3.63, 3.8) is 0 Å². The van der Waals surface area contributed by atoms with Gasteiger partial charge in [-0.15, -0.1) is 12.4 Å². The fraction of sp³-hybridized carbons (Fsp3) is 0.480. The summed E-state index contributed by atoms with van der Waals surface area (Å²) >= 11 is 8.02. The molecule has 4 saturated heterocycles. The molecule has 7 aromatic rings. The third-order valence-electron chi connectivity index (χ3n) is 16.7. The summed E-state index contributed by atoms with van der Waals surface area (Å²) in [6.45, 7) is 30.7. The minimum atomic E-state index is -0.980. The number of halogens is 4. The second-order valence-electron chi connectivity index (χ2n) is 25.5. The minimum absolute atomic E-state index is 0. The number of benzene rings is 6. The molecular weight excluding hydrogens is 1650 g/mol. The molecule has 4 fully saturated rings. The van der Waals surface area contributed by atoms with E-state index in [-0.39, 0.29) is 34.9 Å². The Morgan fingerprint density at radius 3 is 1.34 bits per heavy atom. The van der Waals surface area contributed by atoms with Gasteiger partial charge in [0.15, 0.2) is 0 Å². The molecule has 0 saturated carbocycles. The first-order valence-electron chi connectivity index (χ1n) is 34.4. The van der Waals surface area contributed by atoms with Gasteiger partial charge in [-0.3, -0.25) is 29.6 Å². The summed E-state index contributed by atoms with van der Waals surface area (Å²) in [6.07, 6.45) is 9.35. The number of aliphatic hydroxyl groups excluding tert-OH is 1. The summed E-state index contributed by atoms with van der Waals surface area (Å²) < 4.78 is 24.1. The summed E-state index contributed by atoms with van der Waals surface area (Å²) in [5.74, 6) is 6.24.